The molecule has 0 aliphatic heterocycles. The molecule has 0 N–H and O–H groups in total. The Hall–Kier alpha value is -3.55. The summed E-state index contributed by atoms with van der Waals surface area (Å²) >= 11 is 0. The third kappa shape index (κ3) is 3.41. The predicted octanol–water partition coefficient (Wildman–Crippen LogP) is 4.90. The van der Waals surface area contributed by atoms with Crippen LogP contribution >= 0.6 is 0 Å². The van der Waals surface area contributed by atoms with Gasteiger partial charge in [0.15, 0.2) is 0 Å². The standard InChI is InChI=1S/C19H11F3N4O/c20-19(21,22)12-3-5-13(6-4-12)27-18-14(2-1-7-26-18)15-10-23-11-16-17(15)25-9-8-24-16/h1-11H. The number of rotatable bonds is 3. The number of alkyl halides is 3. The van der Waals surface area contributed by atoms with Crippen LogP contribution in [0.4, 0.5) is 13.2 Å². The molecule has 3 aromatic heterocycles. The lowest BCUT2D eigenvalue weighted by Crippen LogP contribution is -2.04. The Balaban J connectivity index is 1.74. The summed E-state index contributed by atoms with van der Waals surface area (Å²) in [6, 6.07) is 7.93. The Morgan fingerprint density at radius 3 is 2.33 bits per heavy atom. The van der Waals surface area contributed by atoms with E-state index in [0.29, 0.717) is 22.2 Å². The van der Waals surface area contributed by atoms with Crippen molar-refractivity contribution in [3.8, 4) is 22.8 Å². The number of fused-ring (bicyclic) bond motifs is 1. The Bertz CT molecular complexity index is 1090. The van der Waals surface area contributed by atoms with Gasteiger partial charge in [0.05, 0.1) is 17.3 Å². The fourth-order valence-corrected chi connectivity index (χ4v) is 2.59. The van der Waals surface area contributed by atoms with Crippen molar-refractivity contribution in [2.45, 2.75) is 6.18 Å². The van der Waals surface area contributed by atoms with E-state index >= 15 is 0 Å². The summed E-state index contributed by atoms with van der Waals surface area (Å²) in [5.74, 6) is 0.472. The molecule has 0 aliphatic carbocycles. The number of benzene rings is 1. The zero-order valence-corrected chi connectivity index (χ0v) is 13.7. The van der Waals surface area contributed by atoms with Gasteiger partial charge in [-0.3, -0.25) is 15.0 Å². The zero-order valence-electron chi connectivity index (χ0n) is 13.7. The molecule has 1 aromatic carbocycles. The molecule has 3 heterocycles. The smallest absolute Gasteiger partial charge is 0.416 e. The minimum Gasteiger partial charge on any atom is -0.438 e. The normalized spacial score (nSPS) is 11.5. The number of nitrogens with zero attached hydrogens (tertiary/aromatic N) is 4. The van der Waals surface area contributed by atoms with Crippen molar-refractivity contribution < 1.29 is 17.9 Å². The second kappa shape index (κ2) is 6.64. The van der Waals surface area contributed by atoms with Gasteiger partial charge in [0.2, 0.25) is 5.88 Å². The van der Waals surface area contributed by atoms with E-state index in [1.54, 1.807) is 36.9 Å². The second-order valence-corrected chi connectivity index (χ2v) is 5.59. The van der Waals surface area contributed by atoms with Gasteiger partial charge in [-0.1, -0.05) is 0 Å². The molecule has 27 heavy (non-hydrogen) atoms. The molecule has 0 bridgehead atoms. The minimum absolute atomic E-state index is 0.234. The SMILES string of the molecule is FC(F)(F)c1ccc(Oc2ncccc2-c2cncc3nccnc23)cc1. The fourth-order valence-electron chi connectivity index (χ4n) is 2.59. The summed E-state index contributed by atoms with van der Waals surface area (Å²) < 4.78 is 43.8. The van der Waals surface area contributed by atoms with Crippen LogP contribution in [0.2, 0.25) is 0 Å². The van der Waals surface area contributed by atoms with Gasteiger partial charge in [-0.05, 0) is 36.4 Å². The van der Waals surface area contributed by atoms with Crippen LogP contribution in [-0.4, -0.2) is 19.9 Å². The summed E-state index contributed by atoms with van der Waals surface area (Å²) in [4.78, 5) is 16.9. The Morgan fingerprint density at radius 2 is 1.56 bits per heavy atom. The van der Waals surface area contributed by atoms with Crippen LogP contribution in [0.25, 0.3) is 22.2 Å². The molecule has 4 aromatic rings. The van der Waals surface area contributed by atoms with Gasteiger partial charge < -0.3 is 4.74 Å². The van der Waals surface area contributed by atoms with E-state index in [-0.39, 0.29) is 11.6 Å². The Labute approximate surface area is 151 Å². The van der Waals surface area contributed by atoms with Gasteiger partial charge in [0, 0.05) is 35.9 Å². The molecule has 8 heteroatoms. The summed E-state index contributed by atoms with van der Waals surface area (Å²) in [6.07, 6.45) is 3.48. The quantitative estimate of drug-likeness (QED) is 0.515. The number of ether oxygens (including phenoxy) is 1. The Kier molecular flexibility index (Phi) is 4.15. The van der Waals surface area contributed by atoms with Gasteiger partial charge in [-0.25, -0.2) is 4.98 Å². The van der Waals surface area contributed by atoms with Crippen molar-refractivity contribution >= 4 is 11.0 Å². The van der Waals surface area contributed by atoms with E-state index < -0.39 is 11.7 Å². The largest absolute Gasteiger partial charge is 0.438 e. The number of aromatic nitrogens is 4. The highest BCUT2D eigenvalue weighted by atomic mass is 19.4. The monoisotopic (exact) mass is 368 g/mol. The van der Waals surface area contributed by atoms with Crippen molar-refractivity contribution in [1.29, 1.82) is 0 Å². The topological polar surface area (TPSA) is 60.8 Å². The van der Waals surface area contributed by atoms with E-state index in [2.05, 4.69) is 19.9 Å². The molecular weight excluding hydrogens is 357 g/mol. The maximum atomic E-state index is 12.7. The first-order valence-electron chi connectivity index (χ1n) is 7.87. The lowest BCUT2D eigenvalue weighted by atomic mass is 10.1. The lowest BCUT2D eigenvalue weighted by Gasteiger charge is -2.12. The maximum Gasteiger partial charge on any atom is 0.416 e. The Morgan fingerprint density at radius 1 is 0.778 bits per heavy atom. The first-order chi connectivity index (χ1) is 13.0. The third-order valence-corrected chi connectivity index (χ3v) is 3.84. The molecule has 0 saturated carbocycles. The lowest BCUT2D eigenvalue weighted by molar-refractivity contribution is -0.137. The average Bonchev–Trinajstić information content (AvgIpc) is 2.68. The average molecular weight is 368 g/mol. The molecule has 0 unspecified atom stereocenters. The minimum atomic E-state index is -4.40. The van der Waals surface area contributed by atoms with E-state index in [1.165, 1.54) is 18.3 Å². The maximum absolute atomic E-state index is 12.7. The first-order valence-corrected chi connectivity index (χ1v) is 7.87. The van der Waals surface area contributed by atoms with Crippen LogP contribution < -0.4 is 4.74 Å². The van der Waals surface area contributed by atoms with E-state index in [1.807, 2.05) is 0 Å². The highest BCUT2D eigenvalue weighted by molar-refractivity contribution is 5.91. The summed E-state index contributed by atoms with van der Waals surface area (Å²) in [7, 11) is 0. The summed E-state index contributed by atoms with van der Waals surface area (Å²) in [5, 5.41) is 0. The molecule has 0 radical (unpaired) electrons. The van der Waals surface area contributed by atoms with E-state index in [9.17, 15) is 13.2 Å². The third-order valence-electron chi connectivity index (χ3n) is 3.84. The van der Waals surface area contributed by atoms with Crippen LogP contribution in [0.15, 0.2) is 67.4 Å². The molecule has 0 saturated heterocycles. The molecule has 5 nitrogen and oxygen atoms in total. The zero-order chi connectivity index (χ0) is 18.9. The number of pyridine rings is 2. The molecule has 0 amide bonds. The molecule has 4 rings (SSSR count). The highest BCUT2D eigenvalue weighted by Gasteiger charge is 2.30. The van der Waals surface area contributed by atoms with Crippen LogP contribution in [0.3, 0.4) is 0 Å². The molecule has 0 atom stereocenters. The van der Waals surface area contributed by atoms with Gasteiger partial charge in [0.25, 0.3) is 0 Å². The van der Waals surface area contributed by atoms with Crippen molar-refractivity contribution in [2.75, 3.05) is 0 Å². The van der Waals surface area contributed by atoms with Gasteiger partial charge in [-0.2, -0.15) is 13.2 Å². The van der Waals surface area contributed by atoms with Crippen molar-refractivity contribution in [3.63, 3.8) is 0 Å². The van der Waals surface area contributed by atoms with Gasteiger partial charge in [-0.15, -0.1) is 0 Å². The summed E-state index contributed by atoms with van der Waals surface area (Å²) in [5.41, 5.74) is 1.76. The second-order valence-electron chi connectivity index (χ2n) is 5.59. The first kappa shape index (κ1) is 16.9. The number of hydrogen-bond donors (Lipinski definition) is 0. The molecule has 134 valence electrons. The van der Waals surface area contributed by atoms with Crippen LogP contribution in [0, 0.1) is 0 Å². The van der Waals surface area contributed by atoms with Crippen LogP contribution in [0.1, 0.15) is 5.56 Å². The van der Waals surface area contributed by atoms with Crippen molar-refractivity contribution in [2.24, 2.45) is 0 Å². The van der Waals surface area contributed by atoms with E-state index in [0.717, 1.165) is 12.1 Å². The van der Waals surface area contributed by atoms with E-state index in [4.69, 9.17) is 4.74 Å². The van der Waals surface area contributed by atoms with Crippen molar-refractivity contribution in [1.82, 2.24) is 19.9 Å². The molecular formula is C19H11F3N4O. The van der Waals surface area contributed by atoms with Gasteiger partial charge in [0.1, 0.15) is 11.3 Å². The molecule has 0 spiro atoms. The molecule has 0 fully saturated rings. The van der Waals surface area contributed by atoms with Crippen LogP contribution in [-0.2, 0) is 6.18 Å². The number of hydrogen-bond acceptors (Lipinski definition) is 5. The van der Waals surface area contributed by atoms with Crippen LogP contribution in [0.5, 0.6) is 11.6 Å². The summed E-state index contributed by atoms with van der Waals surface area (Å²) in [6.45, 7) is 0. The predicted molar refractivity (Wildman–Crippen MR) is 92.1 cm³/mol. The highest BCUT2D eigenvalue weighted by Crippen LogP contribution is 2.35. The number of halogens is 3. The van der Waals surface area contributed by atoms with Gasteiger partial charge >= 0.3 is 6.18 Å². The fraction of sp³-hybridized carbons (Fsp3) is 0.0526. The molecule has 0 aliphatic rings. The van der Waals surface area contributed by atoms with Crippen molar-refractivity contribution in [3.05, 3.63) is 72.9 Å².